The molecular formula is C21H27ClN2O3S. The first-order valence-electron chi connectivity index (χ1n) is 9.18. The topological polar surface area (TPSA) is 66.5 Å². The number of para-hydroxylation sites is 1. The molecule has 2 aromatic carbocycles. The van der Waals surface area contributed by atoms with Crippen LogP contribution in [-0.4, -0.2) is 32.2 Å². The largest absolute Gasteiger partial charge is 0.324 e. The third-order valence-electron chi connectivity index (χ3n) is 4.53. The van der Waals surface area contributed by atoms with Gasteiger partial charge in [-0.3, -0.25) is 4.79 Å². The zero-order valence-corrected chi connectivity index (χ0v) is 18.4. The highest BCUT2D eigenvalue weighted by molar-refractivity contribution is 7.89. The maximum Gasteiger partial charge on any atom is 0.243 e. The van der Waals surface area contributed by atoms with E-state index < -0.39 is 10.0 Å². The number of nitrogens with one attached hydrogen (secondary N) is 1. The summed E-state index contributed by atoms with van der Waals surface area (Å²) in [6.07, 6.45) is 0. The molecule has 0 aliphatic carbocycles. The van der Waals surface area contributed by atoms with Gasteiger partial charge in [-0.15, -0.1) is 0 Å². The van der Waals surface area contributed by atoms with Crippen molar-refractivity contribution in [3.05, 3.63) is 58.6 Å². The number of rotatable bonds is 7. The van der Waals surface area contributed by atoms with Crippen molar-refractivity contribution in [2.45, 2.75) is 44.4 Å². The van der Waals surface area contributed by atoms with Crippen LogP contribution in [0.2, 0.25) is 5.02 Å². The number of hydrogen-bond acceptors (Lipinski definition) is 3. The number of hydrogen-bond donors (Lipinski definition) is 1. The summed E-state index contributed by atoms with van der Waals surface area (Å²) >= 11 is 5.82. The molecule has 0 fully saturated rings. The molecule has 0 saturated heterocycles. The Morgan fingerprint density at radius 2 is 1.50 bits per heavy atom. The number of carbonyl (C=O) groups excluding carboxylic acids is 1. The molecule has 5 nitrogen and oxygen atoms in total. The Bertz CT molecular complexity index is 912. The highest BCUT2D eigenvalue weighted by Gasteiger charge is 2.24. The van der Waals surface area contributed by atoms with Crippen LogP contribution in [-0.2, 0) is 14.8 Å². The second-order valence-electron chi connectivity index (χ2n) is 7.38. The second kappa shape index (κ2) is 9.07. The van der Waals surface area contributed by atoms with Crippen LogP contribution in [0.25, 0.3) is 0 Å². The van der Waals surface area contributed by atoms with Crippen molar-refractivity contribution >= 4 is 33.2 Å². The number of benzene rings is 2. The molecule has 0 aromatic heterocycles. The first-order chi connectivity index (χ1) is 13.0. The average Bonchev–Trinajstić information content (AvgIpc) is 2.61. The third-order valence-corrected chi connectivity index (χ3v) is 6.60. The summed E-state index contributed by atoms with van der Waals surface area (Å²) in [5.74, 6) is 0.0732. The van der Waals surface area contributed by atoms with E-state index in [9.17, 15) is 13.2 Å². The summed E-state index contributed by atoms with van der Waals surface area (Å²) in [4.78, 5) is 12.8. The van der Waals surface area contributed by atoms with E-state index >= 15 is 0 Å². The molecule has 1 N–H and O–H groups in total. The van der Waals surface area contributed by atoms with Gasteiger partial charge in [0.15, 0.2) is 0 Å². The summed E-state index contributed by atoms with van der Waals surface area (Å²) in [6, 6.07) is 11.8. The first-order valence-corrected chi connectivity index (χ1v) is 11.0. The van der Waals surface area contributed by atoms with Crippen LogP contribution in [0.4, 0.5) is 5.69 Å². The molecule has 0 saturated carbocycles. The molecule has 7 heteroatoms. The van der Waals surface area contributed by atoms with Gasteiger partial charge in [-0.2, -0.15) is 4.31 Å². The van der Waals surface area contributed by atoms with E-state index in [0.29, 0.717) is 5.02 Å². The summed E-state index contributed by atoms with van der Waals surface area (Å²) in [5.41, 5.74) is 2.83. The summed E-state index contributed by atoms with van der Waals surface area (Å²) in [6.45, 7) is 7.96. The monoisotopic (exact) mass is 422 g/mol. The van der Waals surface area contributed by atoms with Crippen molar-refractivity contribution in [2.24, 2.45) is 0 Å². The Hall–Kier alpha value is -1.89. The molecule has 1 amide bonds. The van der Waals surface area contributed by atoms with Gasteiger partial charge in [0.1, 0.15) is 0 Å². The van der Waals surface area contributed by atoms with Gasteiger partial charge in [0.25, 0.3) is 0 Å². The van der Waals surface area contributed by atoms with Gasteiger partial charge in [0.2, 0.25) is 15.9 Å². The van der Waals surface area contributed by atoms with Crippen molar-refractivity contribution in [3.8, 4) is 0 Å². The van der Waals surface area contributed by atoms with Gasteiger partial charge in [0.05, 0.1) is 11.4 Å². The van der Waals surface area contributed by atoms with Crippen LogP contribution >= 0.6 is 11.6 Å². The fraction of sp³-hybridized carbons (Fsp3) is 0.381. The minimum absolute atomic E-state index is 0.0950. The van der Waals surface area contributed by atoms with E-state index in [1.807, 2.05) is 18.2 Å². The third kappa shape index (κ3) is 5.13. The molecule has 152 valence electrons. The number of sulfonamides is 1. The van der Waals surface area contributed by atoms with Crippen LogP contribution in [0.3, 0.4) is 0 Å². The fourth-order valence-electron chi connectivity index (χ4n) is 2.95. The number of likely N-dealkylation sites (N-methyl/N-ethyl adjacent to an activating group) is 1. The molecule has 0 spiro atoms. The molecule has 0 aliphatic rings. The summed E-state index contributed by atoms with van der Waals surface area (Å²) in [5, 5.41) is 3.39. The smallest absolute Gasteiger partial charge is 0.243 e. The van der Waals surface area contributed by atoms with E-state index in [-0.39, 0.29) is 29.2 Å². The Labute approximate surface area is 172 Å². The normalized spacial score (nSPS) is 12.0. The maximum atomic E-state index is 12.7. The molecule has 0 aliphatic heterocycles. The van der Waals surface area contributed by atoms with Gasteiger partial charge in [-0.1, -0.05) is 57.5 Å². The molecular weight excluding hydrogens is 396 g/mol. The lowest BCUT2D eigenvalue weighted by Gasteiger charge is -2.22. The van der Waals surface area contributed by atoms with E-state index in [4.69, 9.17) is 11.6 Å². The van der Waals surface area contributed by atoms with Crippen molar-refractivity contribution in [3.63, 3.8) is 0 Å². The molecule has 0 atom stereocenters. The number of nitrogens with zero attached hydrogens (tertiary/aromatic N) is 1. The molecule has 0 heterocycles. The van der Waals surface area contributed by atoms with Gasteiger partial charge < -0.3 is 5.32 Å². The highest BCUT2D eigenvalue weighted by atomic mass is 35.5. The Morgan fingerprint density at radius 3 is 1.96 bits per heavy atom. The lowest BCUT2D eigenvalue weighted by molar-refractivity contribution is -0.116. The van der Waals surface area contributed by atoms with Crippen molar-refractivity contribution in [1.29, 1.82) is 0 Å². The van der Waals surface area contributed by atoms with Gasteiger partial charge in [-0.25, -0.2) is 8.42 Å². The van der Waals surface area contributed by atoms with E-state index in [2.05, 4.69) is 33.0 Å². The van der Waals surface area contributed by atoms with Gasteiger partial charge in [0, 0.05) is 17.8 Å². The Kier molecular flexibility index (Phi) is 7.26. The zero-order valence-electron chi connectivity index (χ0n) is 16.9. The van der Waals surface area contributed by atoms with Crippen LogP contribution in [0.1, 0.15) is 50.7 Å². The predicted molar refractivity (Wildman–Crippen MR) is 115 cm³/mol. The fourth-order valence-corrected chi connectivity index (χ4v) is 4.20. The molecule has 2 rings (SSSR count). The van der Waals surface area contributed by atoms with Gasteiger partial charge >= 0.3 is 0 Å². The van der Waals surface area contributed by atoms with Crippen LogP contribution in [0, 0.1) is 0 Å². The average molecular weight is 423 g/mol. The zero-order chi connectivity index (χ0) is 21.1. The quantitative estimate of drug-likeness (QED) is 0.693. The molecule has 2 aromatic rings. The Morgan fingerprint density at radius 1 is 1.00 bits per heavy atom. The second-order valence-corrected chi connectivity index (χ2v) is 9.87. The van der Waals surface area contributed by atoms with Crippen LogP contribution in [0.15, 0.2) is 47.4 Å². The Balaban J connectivity index is 2.23. The summed E-state index contributed by atoms with van der Waals surface area (Å²) < 4.78 is 26.4. The first kappa shape index (κ1) is 22.4. The van der Waals surface area contributed by atoms with E-state index in [1.165, 1.54) is 31.3 Å². The minimum Gasteiger partial charge on any atom is -0.324 e. The molecule has 0 bridgehead atoms. The molecule has 0 unspecified atom stereocenters. The number of carbonyl (C=O) groups is 1. The number of anilines is 1. The van der Waals surface area contributed by atoms with Crippen molar-refractivity contribution < 1.29 is 13.2 Å². The van der Waals surface area contributed by atoms with E-state index in [0.717, 1.165) is 21.1 Å². The maximum absolute atomic E-state index is 12.7. The molecule has 0 radical (unpaired) electrons. The van der Waals surface area contributed by atoms with Crippen molar-refractivity contribution in [2.75, 3.05) is 18.9 Å². The van der Waals surface area contributed by atoms with Gasteiger partial charge in [-0.05, 0) is 47.2 Å². The number of halogens is 1. The highest BCUT2D eigenvalue weighted by Crippen LogP contribution is 2.32. The van der Waals surface area contributed by atoms with Crippen LogP contribution in [0.5, 0.6) is 0 Å². The summed E-state index contributed by atoms with van der Waals surface area (Å²) in [7, 11) is -2.39. The van der Waals surface area contributed by atoms with Crippen molar-refractivity contribution in [1.82, 2.24) is 4.31 Å². The lowest BCUT2D eigenvalue weighted by atomic mass is 9.92. The van der Waals surface area contributed by atoms with Crippen LogP contribution < -0.4 is 5.32 Å². The number of amides is 1. The van der Waals surface area contributed by atoms with E-state index in [1.54, 1.807) is 0 Å². The molecule has 28 heavy (non-hydrogen) atoms. The standard InChI is InChI=1S/C21H27ClN2O3S/c1-14(2)18-7-6-8-19(15(3)4)21(18)23-20(25)13-24(5)28(26,27)17-11-9-16(22)10-12-17/h6-12,14-15H,13H2,1-5H3,(H,23,25). The predicted octanol–water partition coefficient (Wildman–Crippen LogP) is 4.85. The lowest BCUT2D eigenvalue weighted by Crippen LogP contribution is -2.35. The SMILES string of the molecule is CC(C)c1cccc(C(C)C)c1NC(=O)CN(C)S(=O)(=O)c1ccc(Cl)cc1. The minimum atomic E-state index is -3.78.